The Morgan fingerprint density at radius 2 is 1.90 bits per heavy atom. The summed E-state index contributed by atoms with van der Waals surface area (Å²) in [5, 5.41) is 2.94. The molecule has 3 nitrogen and oxygen atoms in total. The first-order valence-electron chi connectivity index (χ1n) is 6.73. The van der Waals surface area contributed by atoms with Crippen LogP contribution >= 0.6 is 0 Å². The minimum atomic E-state index is -4.43. The van der Waals surface area contributed by atoms with Crippen LogP contribution in [0.1, 0.15) is 31.7 Å². The zero-order valence-corrected chi connectivity index (χ0v) is 11.6. The molecular weight excluding hydrogens is 269 g/mol. The van der Waals surface area contributed by atoms with Crippen molar-refractivity contribution in [3.63, 3.8) is 0 Å². The average molecular weight is 290 g/mol. The summed E-state index contributed by atoms with van der Waals surface area (Å²) in [6.45, 7) is 3.99. The molecule has 1 aromatic carbocycles. The van der Waals surface area contributed by atoms with Crippen LogP contribution in [0.5, 0.6) is 0 Å². The van der Waals surface area contributed by atoms with Gasteiger partial charge in [0.15, 0.2) is 0 Å². The molecule has 3 N–H and O–H groups in total. The Hall–Kier alpha value is -1.43. The van der Waals surface area contributed by atoms with Crippen LogP contribution < -0.4 is 11.1 Å². The largest absolute Gasteiger partial charge is 0.418 e. The van der Waals surface area contributed by atoms with Crippen molar-refractivity contribution in [1.29, 1.82) is 0 Å². The molecule has 20 heavy (non-hydrogen) atoms. The number of rotatable bonds is 8. The van der Waals surface area contributed by atoms with Crippen LogP contribution in [-0.4, -0.2) is 19.8 Å². The first-order valence-corrected chi connectivity index (χ1v) is 6.73. The first kappa shape index (κ1) is 16.6. The number of nitrogen functional groups attached to an aromatic ring is 1. The minimum absolute atomic E-state index is 0.258. The summed E-state index contributed by atoms with van der Waals surface area (Å²) in [6.07, 6.45) is -1.56. The second-order valence-corrected chi connectivity index (χ2v) is 4.55. The van der Waals surface area contributed by atoms with Gasteiger partial charge in [0, 0.05) is 31.1 Å². The SMILES string of the molecule is CCCCOCCCNc1ccc(N)c(C(F)(F)F)c1. The Balaban J connectivity index is 2.38. The van der Waals surface area contributed by atoms with E-state index in [1.165, 1.54) is 6.07 Å². The Morgan fingerprint density at radius 1 is 1.20 bits per heavy atom. The highest BCUT2D eigenvalue weighted by Gasteiger charge is 2.33. The van der Waals surface area contributed by atoms with Crippen molar-refractivity contribution in [2.45, 2.75) is 32.4 Å². The predicted molar refractivity (Wildman–Crippen MR) is 74.7 cm³/mol. The number of nitrogens with two attached hydrogens (primary N) is 1. The molecule has 0 atom stereocenters. The molecule has 0 radical (unpaired) electrons. The molecule has 1 aromatic rings. The Morgan fingerprint density at radius 3 is 2.55 bits per heavy atom. The number of nitrogens with one attached hydrogen (secondary N) is 1. The van der Waals surface area contributed by atoms with Crippen molar-refractivity contribution in [2.75, 3.05) is 30.8 Å². The van der Waals surface area contributed by atoms with E-state index in [2.05, 4.69) is 12.2 Å². The number of benzene rings is 1. The van der Waals surface area contributed by atoms with E-state index in [0.717, 1.165) is 31.9 Å². The lowest BCUT2D eigenvalue weighted by Crippen LogP contribution is -2.11. The van der Waals surface area contributed by atoms with Crippen LogP contribution in [0.3, 0.4) is 0 Å². The van der Waals surface area contributed by atoms with Crippen molar-refractivity contribution in [3.8, 4) is 0 Å². The van der Waals surface area contributed by atoms with Gasteiger partial charge in [0.25, 0.3) is 0 Å². The van der Waals surface area contributed by atoms with Crippen molar-refractivity contribution in [2.24, 2.45) is 0 Å². The van der Waals surface area contributed by atoms with Gasteiger partial charge >= 0.3 is 6.18 Å². The van der Waals surface area contributed by atoms with Gasteiger partial charge in [0.1, 0.15) is 0 Å². The van der Waals surface area contributed by atoms with Gasteiger partial charge in [-0.15, -0.1) is 0 Å². The fraction of sp³-hybridized carbons (Fsp3) is 0.571. The lowest BCUT2D eigenvalue weighted by atomic mass is 10.1. The standard InChI is InChI=1S/C14H21F3N2O/c1-2-3-8-20-9-4-7-19-11-5-6-13(18)12(10-11)14(15,16)17/h5-6,10,19H,2-4,7-9,18H2,1H3. The van der Waals surface area contributed by atoms with Gasteiger partial charge in [-0.05, 0) is 31.0 Å². The van der Waals surface area contributed by atoms with Gasteiger partial charge in [-0.25, -0.2) is 0 Å². The van der Waals surface area contributed by atoms with Crippen molar-refractivity contribution in [1.82, 2.24) is 0 Å². The van der Waals surface area contributed by atoms with Crippen LogP contribution in [0.4, 0.5) is 24.5 Å². The molecule has 1 rings (SSSR count). The van der Waals surface area contributed by atoms with E-state index in [4.69, 9.17) is 10.5 Å². The summed E-state index contributed by atoms with van der Waals surface area (Å²) in [5.74, 6) is 0. The van der Waals surface area contributed by atoms with Crippen LogP contribution in [-0.2, 0) is 10.9 Å². The highest BCUT2D eigenvalue weighted by Crippen LogP contribution is 2.35. The fourth-order valence-electron chi connectivity index (χ4n) is 1.67. The van der Waals surface area contributed by atoms with Gasteiger partial charge in [-0.1, -0.05) is 13.3 Å². The summed E-state index contributed by atoms with van der Waals surface area (Å²) in [4.78, 5) is 0. The van der Waals surface area contributed by atoms with E-state index in [9.17, 15) is 13.2 Å². The third-order valence-corrected chi connectivity index (χ3v) is 2.80. The zero-order chi connectivity index (χ0) is 15.0. The van der Waals surface area contributed by atoms with E-state index in [1.54, 1.807) is 6.07 Å². The molecule has 0 bridgehead atoms. The smallest absolute Gasteiger partial charge is 0.398 e. The van der Waals surface area contributed by atoms with Gasteiger partial charge in [-0.2, -0.15) is 13.2 Å². The lowest BCUT2D eigenvalue weighted by Gasteiger charge is -2.13. The summed E-state index contributed by atoms with van der Waals surface area (Å²) in [6, 6.07) is 3.85. The maximum atomic E-state index is 12.7. The molecule has 0 amide bonds. The lowest BCUT2D eigenvalue weighted by molar-refractivity contribution is -0.136. The third kappa shape index (κ3) is 5.69. The summed E-state index contributed by atoms with van der Waals surface area (Å²) < 4.78 is 43.4. The van der Waals surface area contributed by atoms with Crippen molar-refractivity contribution >= 4 is 11.4 Å². The van der Waals surface area contributed by atoms with Crippen LogP contribution in [0.15, 0.2) is 18.2 Å². The van der Waals surface area contributed by atoms with Gasteiger partial charge in [0.2, 0.25) is 0 Å². The maximum absolute atomic E-state index is 12.7. The summed E-state index contributed by atoms with van der Waals surface area (Å²) in [7, 11) is 0. The van der Waals surface area contributed by atoms with Crippen molar-refractivity contribution in [3.05, 3.63) is 23.8 Å². The first-order chi connectivity index (χ1) is 9.45. The second kappa shape index (κ2) is 7.99. The van der Waals surface area contributed by atoms with Crippen LogP contribution in [0, 0.1) is 0 Å². The molecule has 6 heteroatoms. The minimum Gasteiger partial charge on any atom is -0.398 e. The Bertz CT molecular complexity index is 408. The maximum Gasteiger partial charge on any atom is 0.418 e. The number of anilines is 2. The van der Waals surface area contributed by atoms with Gasteiger partial charge in [0.05, 0.1) is 5.56 Å². The molecule has 0 aliphatic rings. The zero-order valence-electron chi connectivity index (χ0n) is 11.6. The van der Waals surface area contributed by atoms with E-state index in [0.29, 0.717) is 18.8 Å². The quantitative estimate of drug-likeness (QED) is 0.564. The highest BCUT2D eigenvalue weighted by molar-refractivity contribution is 5.58. The fourth-order valence-corrected chi connectivity index (χ4v) is 1.67. The Kier molecular flexibility index (Phi) is 6.64. The molecule has 0 spiro atoms. The molecular formula is C14H21F3N2O. The number of unbranched alkanes of at least 4 members (excludes halogenated alkanes) is 1. The Labute approximate surface area is 117 Å². The molecule has 0 aliphatic carbocycles. The van der Waals surface area contributed by atoms with Gasteiger partial charge in [-0.3, -0.25) is 0 Å². The van der Waals surface area contributed by atoms with E-state index < -0.39 is 11.7 Å². The second-order valence-electron chi connectivity index (χ2n) is 4.55. The molecule has 0 aromatic heterocycles. The van der Waals surface area contributed by atoms with Crippen LogP contribution in [0.2, 0.25) is 0 Å². The number of ether oxygens (including phenoxy) is 1. The number of alkyl halides is 3. The third-order valence-electron chi connectivity index (χ3n) is 2.80. The average Bonchev–Trinajstić information content (AvgIpc) is 2.38. The van der Waals surface area contributed by atoms with E-state index in [-0.39, 0.29) is 5.69 Å². The molecule has 0 aliphatic heterocycles. The molecule has 0 saturated heterocycles. The predicted octanol–water partition coefficient (Wildman–Crippen LogP) is 3.91. The highest BCUT2D eigenvalue weighted by atomic mass is 19.4. The van der Waals surface area contributed by atoms with E-state index >= 15 is 0 Å². The molecule has 0 unspecified atom stereocenters. The molecule has 0 saturated carbocycles. The van der Waals surface area contributed by atoms with E-state index in [1.807, 2.05) is 0 Å². The summed E-state index contributed by atoms with van der Waals surface area (Å²) in [5.41, 5.74) is 4.69. The monoisotopic (exact) mass is 290 g/mol. The number of hydrogen-bond donors (Lipinski definition) is 2. The summed E-state index contributed by atoms with van der Waals surface area (Å²) >= 11 is 0. The molecule has 0 heterocycles. The van der Waals surface area contributed by atoms with Crippen molar-refractivity contribution < 1.29 is 17.9 Å². The van der Waals surface area contributed by atoms with Crippen LogP contribution in [0.25, 0.3) is 0 Å². The number of halogens is 3. The molecule has 0 fully saturated rings. The molecule has 114 valence electrons. The van der Waals surface area contributed by atoms with Gasteiger partial charge < -0.3 is 15.8 Å². The normalized spacial score (nSPS) is 11.6. The number of hydrogen-bond acceptors (Lipinski definition) is 3. The topological polar surface area (TPSA) is 47.3 Å².